The maximum atomic E-state index is 13.2. The fourth-order valence-electron chi connectivity index (χ4n) is 2.43. The van der Waals surface area contributed by atoms with Gasteiger partial charge in [-0.1, -0.05) is 54.1 Å². The lowest BCUT2D eigenvalue weighted by Gasteiger charge is -2.10. The molecule has 3 rings (SSSR count). The van der Waals surface area contributed by atoms with Crippen molar-refractivity contribution in [2.24, 2.45) is 0 Å². The average molecular weight is 376 g/mol. The maximum absolute atomic E-state index is 13.2. The lowest BCUT2D eigenvalue weighted by atomic mass is 10.0. The Bertz CT molecular complexity index is 991. The largest absolute Gasteiger partial charge is 0.280 e. The fourth-order valence-corrected chi connectivity index (χ4v) is 3.75. The van der Waals surface area contributed by atoms with Gasteiger partial charge in [0.25, 0.3) is 10.0 Å². The van der Waals surface area contributed by atoms with Crippen molar-refractivity contribution in [3.63, 3.8) is 0 Å². The van der Waals surface area contributed by atoms with E-state index in [1.807, 2.05) is 36.4 Å². The molecule has 0 fully saturated rings. The third-order valence-electron chi connectivity index (χ3n) is 3.63. The van der Waals surface area contributed by atoms with Crippen molar-refractivity contribution in [1.82, 2.24) is 0 Å². The van der Waals surface area contributed by atoms with Crippen LogP contribution < -0.4 is 4.72 Å². The predicted molar refractivity (Wildman–Crippen MR) is 97.9 cm³/mol. The Hall–Kier alpha value is -2.37. The molecule has 0 aromatic heterocycles. The first-order chi connectivity index (χ1) is 11.9. The Morgan fingerprint density at radius 1 is 0.880 bits per heavy atom. The van der Waals surface area contributed by atoms with Gasteiger partial charge in [-0.2, -0.15) is 0 Å². The van der Waals surface area contributed by atoms with Crippen molar-refractivity contribution in [2.75, 3.05) is 4.72 Å². The number of sulfonamides is 1. The van der Waals surface area contributed by atoms with Crippen molar-refractivity contribution in [3.8, 4) is 0 Å². The molecule has 6 heteroatoms. The monoisotopic (exact) mass is 375 g/mol. The molecule has 3 aromatic rings. The van der Waals surface area contributed by atoms with E-state index in [-0.39, 0.29) is 9.92 Å². The van der Waals surface area contributed by atoms with E-state index in [1.165, 1.54) is 6.07 Å². The van der Waals surface area contributed by atoms with E-state index in [9.17, 15) is 12.8 Å². The van der Waals surface area contributed by atoms with Crippen molar-refractivity contribution in [3.05, 3.63) is 94.8 Å². The van der Waals surface area contributed by atoms with Crippen LogP contribution >= 0.6 is 11.6 Å². The van der Waals surface area contributed by atoms with Crippen LogP contribution in [0, 0.1) is 5.82 Å². The lowest BCUT2D eigenvalue weighted by molar-refractivity contribution is 0.599. The topological polar surface area (TPSA) is 46.2 Å². The number of rotatable bonds is 5. The summed E-state index contributed by atoms with van der Waals surface area (Å²) in [7, 11) is -3.84. The van der Waals surface area contributed by atoms with E-state index in [2.05, 4.69) is 4.72 Å². The molecular formula is C19H15ClFNO2S. The second kappa shape index (κ2) is 7.25. The van der Waals surface area contributed by atoms with Crippen molar-refractivity contribution in [1.29, 1.82) is 0 Å². The van der Waals surface area contributed by atoms with Gasteiger partial charge in [-0.05, 0) is 47.9 Å². The second-order valence-corrected chi connectivity index (χ2v) is 7.63. The molecule has 0 aliphatic rings. The molecule has 0 radical (unpaired) electrons. The molecule has 0 heterocycles. The fraction of sp³-hybridized carbons (Fsp3) is 0.0526. The van der Waals surface area contributed by atoms with Gasteiger partial charge in [0.05, 0.1) is 9.92 Å². The van der Waals surface area contributed by atoms with Crippen LogP contribution in [0.1, 0.15) is 11.1 Å². The Balaban J connectivity index is 1.82. The van der Waals surface area contributed by atoms with Gasteiger partial charge in [0.2, 0.25) is 0 Å². The zero-order valence-corrected chi connectivity index (χ0v) is 14.7. The van der Waals surface area contributed by atoms with Gasteiger partial charge in [-0.25, -0.2) is 12.8 Å². The summed E-state index contributed by atoms with van der Waals surface area (Å²) in [5, 5.41) is -0.235. The Labute approximate surface area is 151 Å². The molecule has 0 saturated carbocycles. The molecule has 25 heavy (non-hydrogen) atoms. The van der Waals surface area contributed by atoms with E-state index < -0.39 is 15.8 Å². The quantitative estimate of drug-likeness (QED) is 0.691. The zero-order chi connectivity index (χ0) is 17.9. The summed E-state index contributed by atoms with van der Waals surface area (Å²) in [6, 6.07) is 20.3. The van der Waals surface area contributed by atoms with Crippen LogP contribution in [0.5, 0.6) is 0 Å². The normalized spacial score (nSPS) is 11.3. The average Bonchev–Trinajstić information content (AvgIpc) is 2.58. The number of hydrogen-bond donors (Lipinski definition) is 1. The first-order valence-corrected chi connectivity index (χ1v) is 9.41. The van der Waals surface area contributed by atoms with Crippen LogP contribution in [-0.4, -0.2) is 8.42 Å². The minimum absolute atomic E-state index is 0.0904. The van der Waals surface area contributed by atoms with Crippen LogP contribution in [0.3, 0.4) is 0 Å². The van der Waals surface area contributed by atoms with Crippen molar-refractivity contribution in [2.45, 2.75) is 11.3 Å². The molecule has 0 bridgehead atoms. The lowest BCUT2D eigenvalue weighted by Crippen LogP contribution is -2.13. The van der Waals surface area contributed by atoms with Crippen LogP contribution in [0.25, 0.3) is 0 Å². The van der Waals surface area contributed by atoms with Gasteiger partial charge in [0.15, 0.2) is 0 Å². The van der Waals surface area contributed by atoms with Crippen LogP contribution in [-0.2, 0) is 16.4 Å². The molecule has 1 N–H and O–H groups in total. The number of halogens is 2. The standard InChI is InChI=1S/C19H15ClFNO2S/c20-18-13-17(9-10-19(18)21)25(23,24)22-16-8-4-7-15(12-16)11-14-5-2-1-3-6-14/h1-10,12-13,22H,11H2. The highest BCUT2D eigenvalue weighted by molar-refractivity contribution is 7.92. The highest BCUT2D eigenvalue weighted by Gasteiger charge is 2.16. The number of benzene rings is 3. The molecule has 128 valence electrons. The summed E-state index contributed by atoms with van der Waals surface area (Å²) < 4.78 is 40.6. The molecule has 0 aliphatic heterocycles. The molecule has 3 aromatic carbocycles. The van der Waals surface area contributed by atoms with E-state index >= 15 is 0 Å². The first-order valence-electron chi connectivity index (χ1n) is 7.55. The summed E-state index contributed by atoms with van der Waals surface area (Å²) in [6.07, 6.45) is 0.693. The predicted octanol–water partition coefficient (Wildman–Crippen LogP) is 4.87. The number of hydrogen-bond acceptors (Lipinski definition) is 2. The highest BCUT2D eigenvalue weighted by Crippen LogP contribution is 2.22. The van der Waals surface area contributed by atoms with Gasteiger partial charge in [0.1, 0.15) is 5.82 Å². The summed E-state index contributed by atoms with van der Waals surface area (Å²) in [4.78, 5) is -0.0904. The molecule has 0 unspecified atom stereocenters. The van der Waals surface area contributed by atoms with Crippen LogP contribution in [0.2, 0.25) is 5.02 Å². The summed E-state index contributed by atoms with van der Waals surface area (Å²) in [6.45, 7) is 0. The number of nitrogens with one attached hydrogen (secondary N) is 1. The minimum Gasteiger partial charge on any atom is -0.280 e. The van der Waals surface area contributed by atoms with Gasteiger partial charge in [-0.15, -0.1) is 0 Å². The van der Waals surface area contributed by atoms with E-state index in [0.29, 0.717) is 12.1 Å². The van der Waals surface area contributed by atoms with Gasteiger partial charge >= 0.3 is 0 Å². The SMILES string of the molecule is O=S(=O)(Nc1cccc(Cc2ccccc2)c1)c1ccc(F)c(Cl)c1. The molecular weight excluding hydrogens is 361 g/mol. The van der Waals surface area contributed by atoms with E-state index in [4.69, 9.17) is 11.6 Å². The van der Waals surface area contributed by atoms with Crippen molar-refractivity contribution < 1.29 is 12.8 Å². The Kier molecular flexibility index (Phi) is 5.06. The Morgan fingerprint density at radius 3 is 2.32 bits per heavy atom. The summed E-state index contributed by atoms with van der Waals surface area (Å²) >= 11 is 5.67. The van der Waals surface area contributed by atoms with Gasteiger partial charge in [0, 0.05) is 5.69 Å². The zero-order valence-electron chi connectivity index (χ0n) is 13.1. The molecule has 3 nitrogen and oxygen atoms in total. The third kappa shape index (κ3) is 4.38. The molecule has 0 spiro atoms. The highest BCUT2D eigenvalue weighted by atomic mass is 35.5. The minimum atomic E-state index is -3.84. The molecule has 0 aliphatic carbocycles. The summed E-state index contributed by atoms with van der Waals surface area (Å²) in [5.41, 5.74) is 2.55. The maximum Gasteiger partial charge on any atom is 0.261 e. The van der Waals surface area contributed by atoms with Gasteiger partial charge in [-0.3, -0.25) is 4.72 Å². The molecule has 0 saturated heterocycles. The van der Waals surface area contributed by atoms with E-state index in [0.717, 1.165) is 23.3 Å². The van der Waals surface area contributed by atoms with Gasteiger partial charge < -0.3 is 0 Å². The van der Waals surface area contributed by atoms with Crippen LogP contribution in [0.4, 0.5) is 10.1 Å². The molecule has 0 atom stereocenters. The van der Waals surface area contributed by atoms with Crippen molar-refractivity contribution >= 4 is 27.3 Å². The smallest absolute Gasteiger partial charge is 0.261 e. The second-order valence-electron chi connectivity index (χ2n) is 5.54. The Morgan fingerprint density at radius 2 is 1.60 bits per heavy atom. The van der Waals surface area contributed by atoms with E-state index in [1.54, 1.807) is 18.2 Å². The third-order valence-corrected chi connectivity index (χ3v) is 5.30. The first kappa shape index (κ1) is 17.5. The van der Waals surface area contributed by atoms with Crippen LogP contribution in [0.15, 0.2) is 77.7 Å². The molecule has 0 amide bonds. The number of anilines is 1. The summed E-state index contributed by atoms with van der Waals surface area (Å²) in [5.74, 6) is -0.662.